The zero-order valence-electron chi connectivity index (χ0n) is 26.6. The number of nitrogens with two attached hydrogens (primary N) is 1. The third kappa shape index (κ3) is 12.0. The zero-order valence-corrected chi connectivity index (χ0v) is 27.3. The summed E-state index contributed by atoms with van der Waals surface area (Å²) in [5.41, 5.74) is 4.68. The Labute approximate surface area is 257 Å². The second-order valence-electron chi connectivity index (χ2n) is 13.9. The van der Waals surface area contributed by atoms with Gasteiger partial charge in [0, 0.05) is 37.8 Å². The van der Waals surface area contributed by atoms with Crippen LogP contribution in [0.1, 0.15) is 112 Å². The van der Waals surface area contributed by atoms with Crippen LogP contribution in [0.3, 0.4) is 0 Å². The van der Waals surface area contributed by atoms with Gasteiger partial charge in [0.25, 0.3) is 0 Å². The lowest BCUT2D eigenvalue weighted by atomic mass is 9.84. The molecule has 2 saturated carbocycles. The lowest BCUT2D eigenvalue weighted by molar-refractivity contribution is 0.00980. The molecule has 1 aromatic rings. The largest absolute Gasteiger partial charge is 0.444 e. The Balaban J connectivity index is 1.55. The fourth-order valence-corrected chi connectivity index (χ4v) is 6.00. The Morgan fingerprint density at radius 2 is 1.52 bits per heavy atom. The van der Waals surface area contributed by atoms with Crippen molar-refractivity contribution in [1.29, 1.82) is 0 Å². The van der Waals surface area contributed by atoms with Crippen molar-refractivity contribution >= 4 is 35.6 Å². The summed E-state index contributed by atoms with van der Waals surface area (Å²) < 4.78 is 11.5. The molecule has 2 aliphatic carbocycles. The highest BCUT2D eigenvalue weighted by atomic mass is 35.5. The molecule has 0 radical (unpaired) electrons. The molecule has 2 amide bonds. The van der Waals surface area contributed by atoms with Crippen LogP contribution in [0.25, 0.3) is 0 Å². The van der Waals surface area contributed by atoms with Crippen molar-refractivity contribution < 1.29 is 19.1 Å². The quantitative estimate of drug-likeness (QED) is 0.266. The number of carbonyl (C=O) groups is 2. The van der Waals surface area contributed by atoms with Crippen molar-refractivity contribution in [2.45, 2.75) is 135 Å². The summed E-state index contributed by atoms with van der Waals surface area (Å²) in [6, 6.07) is 1.99. The fraction of sp³-hybridized carbons (Fsp3) is 0.806. The van der Waals surface area contributed by atoms with E-state index in [9.17, 15) is 9.59 Å². The molecular weight excluding hydrogens is 556 g/mol. The molecule has 3 N–H and O–H groups in total. The van der Waals surface area contributed by atoms with Gasteiger partial charge in [-0.3, -0.25) is 0 Å². The van der Waals surface area contributed by atoms with Gasteiger partial charge in [-0.05, 0) is 98.8 Å². The van der Waals surface area contributed by atoms with E-state index in [0.29, 0.717) is 48.9 Å². The number of ether oxygens (including phenoxy) is 2. The molecule has 1 heterocycles. The summed E-state index contributed by atoms with van der Waals surface area (Å²) >= 11 is 6.02. The number of carbonyl (C=O) groups excluding carboxylic acids is 2. The minimum absolute atomic E-state index is 0.195. The van der Waals surface area contributed by atoms with Crippen LogP contribution in [0.5, 0.6) is 0 Å². The Hall–Kier alpha value is -2.49. The summed E-state index contributed by atoms with van der Waals surface area (Å²) in [5, 5.41) is 3.69. The summed E-state index contributed by atoms with van der Waals surface area (Å²) in [7, 11) is 0. The van der Waals surface area contributed by atoms with Gasteiger partial charge in [-0.25, -0.2) is 14.6 Å². The first-order valence-corrected chi connectivity index (χ1v) is 16.1. The van der Waals surface area contributed by atoms with Crippen LogP contribution in [-0.2, 0) is 9.47 Å². The van der Waals surface area contributed by atoms with E-state index in [-0.39, 0.29) is 24.3 Å². The third-order valence-corrected chi connectivity index (χ3v) is 8.02. The monoisotopic (exact) mass is 608 g/mol. The molecule has 2 aliphatic rings. The predicted octanol–water partition coefficient (Wildman–Crippen LogP) is 7.27. The molecule has 0 saturated heterocycles. The minimum atomic E-state index is -0.574. The smallest absolute Gasteiger partial charge is 0.410 e. The molecule has 0 atom stereocenters. The maximum atomic E-state index is 13.2. The van der Waals surface area contributed by atoms with Gasteiger partial charge in [-0.2, -0.15) is 4.98 Å². The molecule has 3 rings (SSSR count). The topological polar surface area (TPSA) is 123 Å². The third-order valence-electron chi connectivity index (χ3n) is 7.82. The van der Waals surface area contributed by atoms with Gasteiger partial charge in [-0.1, -0.05) is 30.9 Å². The van der Waals surface area contributed by atoms with Crippen molar-refractivity contribution in [3.05, 3.63) is 11.2 Å². The van der Waals surface area contributed by atoms with E-state index in [1.54, 1.807) is 0 Å². The molecule has 42 heavy (non-hydrogen) atoms. The first-order valence-electron chi connectivity index (χ1n) is 15.7. The predicted molar refractivity (Wildman–Crippen MR) is 168 cm³/mol. The number of hydrogen-bond acceptors (Lipinski definition) is 8. The second kappa shape index (κ2) is 15.3. The van der Waals surface area contributed by atoms with Gasteiger partial charge in [0.05, 0.1) is 0 Å². The summed E-state index contributed by atoms with van der Waals surface area (Å²) in [5.74, 6) is 1.33. The summed E-state index contributed by atoms with van der Waals surface area (Å²) in [6.07, 6.45) is 10.6. The summed E-state index contributed by atoms with van der Waals surface area (Å²) in [4.78, 5) is 38.5. The first kappa shape index (κ1) is 34.0. The number of anilines is 2. The molecule has 0 spiro atoms. The number of amides is 2. The Kier molecular flexibility index (Phi) is 12.4. The number of aromatic nitrogens is 2. The van der Waals surface area contributed by atoms with Gasteiger partial charge >= 0.3 is 12.2 Å². The van der Waals surface area contributed by atoms with Crippen molar-refractivity contribution in [2.75, 3.05) is 30.7 Å². The maximum Gasteiger partial charge on any atom is 0.410 e. The molecule has 10 nitrogen and oxygen atoms in total. The summed E-state index contributed by atoms with van der Waals surface area (Å²) in [6.45, 7) is 13.1. The molecule has 0 aliphatic heterocycles. The minimum Gasteiger partial charge on any atom is -0.444 e. The van der Waals surface area contributed by atoms with Gasteiger partial charge in [-0.15, -0.1) is 0 Å². The van der Waals surface area contributed by atoms with Gasteiger partial charge in [0.1, 0.15) is 22.2 Å². The van der Waals surface area contributed by atoms with Crippen molar-refractivity contribution in [3.8, 4) is 0 Å². The molecule has 0 unspecified atom stereocenters. The Morgan fingerprint density at radius 3 is 2.12 bits per heavy atom. The fourth-order valence-electron chi connectivity index (χ4n) is 5.81. The van der Waals surface area contributed by atoms with Crippen molar-refractivity contribution in [3.63, 3.8) is 0 Å². The van der Waals surface area contributed by atoms with Crippen LogP contribution in [0.2, 0.25) is 5.15 Å². The van der Waals surface area contributed by atoms with E-state index < -0.39 is 11.2 Å². The number of rotatable bonds is 10. The van der Waals surface area contributed by atoms with Crippen LogP contribution in [-0.4, -0.2) is 74.9 Å². The molecule has 2 fully saturated rings. The number of hydrogen-bond donors (Lipinski definition) is 2. The van der Waals surface area contributed by atoms with Gasteiger partial charge < -0.3 is 30.3 Å². The molecule has 11 heteroatoms. The van der Waals surface area contributed by atoms with Crippen LogP contribution in [0.4, 0.5) is 21.4 Å². The maximum absolute atomic E-state index is 13.2. The zero-order chi connectivity index (χ0) is 30.9. The molecular formula is C31H53ClN6O4. The van der Waals surface area contributed by atoms with Crippen LogP contribution >= 0.6 is 11.6 Å². The molecule has 0 bridgehead atoms. The van der Waals surface area contributed by atoms with Gasteiger partial charge in [0.15, 0.2) is 0 Å². The van der Waals surface area contributed by atoms with Crippen molar-refractivity contribution in [2.24, 2.45) is 5.92 Å². The van der Waals surface area contributed by atoms with Crippen LogP contribution in [0, 0.1) is 5.92 Å². The normalized spacial score (nSPS) is 20.1. The lowest BCUT2D eigenvalue weighted by Crippen LogP contribution is -2.46. The Morgan fingerprint density at radius 1 is 0.905 bits per heavy atom. The standard InChI is InChI=1S/C31H53ClN6O4/c1-30(2,3)41-28(39)37(18-10-19-38(24-11-8-7-9-12-24)29(40)42-31(4,5)6)20-17-22-13-15-23(16-14-22)34-27-35-25(32)21-26(33)36-27/h21-24H,7-20H2,1-6H3,(H3,33,34,35,36). The van der Waals surface area contributed by atoms with E-state index >= 15 is 0 Å². The molecule has 0 aromatic carbocycles. The average molecular weight is 609 g/mol. The first-order chi connectivity index (χ1) is 19.7. The average Bonchev–Trinajstić information content (AvgIpc) is 2.87. The highest BCUT2D eigenvalue weighted by Gasteiger charge is 2.30. The van der Waals surface area contributed by atoms with E-state index in [4.69, 9.17) is 26.8 Å². The second-order valence-corrected chi connectivity index (χ2v) is 14.3. The van der Waals surface area contributed by atoms with E-state index in [2.05, 4.69) is 15.3 Å². The lowest BCUT2D eigenvalue weighted by Gasteiger charge is -2.36. The highest BCUT2D eigenvalue weighted by Crippen LogP contribution is 2.29. The molecule has 1 aromatic heterocycles. The van der Waals surface area contributed by atoms with Crippen molar-refractivity contribution in [1.82, 2.24) is 19.8 Å². The number of halogens is 1. The number of nitrogens with zero attached hydrogens (tertiary/aromatic N) is 4. The molecule has 238 valence electrons. The number of nitrogens with one attached hydrogen (secondary N) is 1. The Bertz CT molecular complexity index is 993. The van der Waals surface area contributed by atoms with E-state index in [0.717, 1.165) is 57.8 Å². The van der Waals surface area contributed by atoms with Crippen LogP contribution in [0.15, 0.2) is 6.07 Å². The van der Waals surface area contributed by atoms with E-state index in [1.807, 2.05) is 51.3 Å². The SMILES string of the molecule is CC(C)(C)OC(=O)N(CCCN(C(=O)OC(C)(C)C)C1CCCCC1)CCC1CCC(Nc2nc(N)cc(Cl)n2)CC1. The van der Waals surface area contributed by atoms with Gasteiger partial charge in [0.2, 0.25) is 5.95 Å². The highest BCUT2D eigenvalue weighted by molar-refractivity contribution is 6.29. The van der Waals surface area contributed by atoms with E-state index in [1.165, 1.54) is 12.5 Å². The van der Waals surface area contributed by atoms with Crippen LogP contribution < -0.4 is 11.1 Å². The number of nitrogen functional groups attached to an aromatic ring is 1.